The van der Waals surface area contributed by atoms with E-state index in [2.05, 4.69) is 10.6 Å². The van der Waals surface area contributed by atoms with Crippen molar-refractivity contribution in [2.75, 3.05) is 22.1 Å². The van der Waals surface area contributed by atoms with E-state index in [-0.39, 0.29) is 42.6 Å². The summed E-state index contributed by atoms with van der Waals surface area (Å²) in [5.41, 5.74) is 4.50. The summed E-state index contributed by atoms with van der Waals surface area (Å²) >= 11 is 0. The third-order valence-electron chi connectivity index (χ3n) is 4.50. The Morgan fingerprint density at radius 2 is 1.41 bits per heavy atom. The Bertz CT molecular complexity index is 947. The van der Waals surface area contributed by atoms with E-state index in [1.807, 2.05) is 39.0 Å². The third kappa shape index (κ3) is 7.69. The maximum Gasteiger partial charge on any atom is 0.225 e. The highest BCUT2D eigenvalue weighted by atomic mass is 32.2. The van der Waals surface area contributed by atoms with E-state index in [1.54, 1.807) is 24.3 Å². The van der Waals surface area contributed by atoms with Crippen molar-refractivity contribution >= 4 is 33.0 Å². The number of carbonyl (C=O) groups excluding carboxylic acids is 2. The van der Waals surface area contributed by atoms with Gasteiger partial charge in [-0.2, -0.15) is 0 Å². The number of rotatable bonds is 9. The van der Waals surface area contributed by atoms with Crippen molar-refractivity contribution in [3.8, 4) is 0 Å². The van der Waals surface area contributed by atoms with Gasteiger partial charge >= 0.3 is 0 Å². The Labute approximate surface area is 172 Å². The lowest BCUT2D eigenvalue weighted by Crippen LogP contribution is -2.20. The lowest BCUT2D eigenvalue weighted by molar-refractivity contribution is -0.116. The molecular weight excluding hydrogens is 388 g/mol. The van der Waals surface area contributed by atoms with Crippen LogP contribution in [0.2, 0.25) is 0 Å². The summed E-state index contributed by atoms with van der Waals surface area (Å²) in [6, 6.07) is 12.9. The van der Waals surface area contributed by atoms with E-state index in [0.717, 1.165) is 22.4 Å². The summed E-state index contributed by atoms with van der Waals surface area (Å²) in [6.07, 6.45) is 0.228. The summed E-state index contributed by atoms with van der Waals surface area (Å²) in [6.45, 7) is 5.86. The van der Waals surface area contributed by atoms with Crippen molar-refractivity contribution in [1.29, 1.82) is 0 Å². The van der Waals surface area contributed by atoms with Gasteiger partial charge in [0.25, 0.3) is 0 Å². The van der Waals surface area contributed by atoms with E-state index in [1.165, 1.54) is 0 Å². The molecule has 29 heavy (non-hydrogen) atoms. The molecule has 0 aliphatic heterocycles. The van der Waals surface area contributed by atoms with E-state index in [9.17, 15) is 18.0 Å². The molecule has 0 aliphatic carbocycles. The van der Waals surface area contributed by atoms with Gasteiger partial charge in [0, 0.05) is 24.2 Å². The van der Waals surface area contributed by atoms with Gasteiger partial charge in [0.1, 0.15) is 0 Å². The van der Waals surface area contributed by atoms with E-state index in [4.69, 9.17) is 0 Å². The molecule has 0 radical (unpaired) electrons. The zero-order valence-electron chi connectivity index (χ0n) is 17.1. The minimum absolute atomic E-state index is 0.106. The molecule has 2 N–H and O–H groups in total. The summed E-state index contributed by atoms with van der Waals surface area (Å²) in [5.74, 6) is -0.908. The second-order valence-corrected chi connectivity index (χ2v) is 9.55. The minimum Gasteiger partial charge on any atom is -0.326 e. The molecule has 2 rings (SSSR count). The molecule has 0 atom stereocenters. The van der Waals surface area contributed by atoms with Gasteiger partial charge in [0.15, 0.2) is 9.84 Å². The topological polar surface area (TPSA) is 92.3 Å². The highest BCUT2D eigenvalue weighted by Gasteiger charge is 2.15. The Morgan fingerprint density at radius 3 is 2.03 bits per heavy atom. The maximum atomic E-state index is 12.2. The summed E-state index contributed by atoms with van der Waals surface area (Å²) < 4.78 is 24.3. The number of hydrogen-bond donors (Lipinski definition) is 2. The first-order valence-corrected chi connectivity index (χ1v) is 11.4. The van der Waals surface area contributed by atoms with Gasteiger partial charge in [-0.25, -0.2) is 8.42 Å². The number of nitrogens with one attached hydrogen (secondary N) is 2. The Hall–Kier alpha value is -2.67. The molecule has 0 saturated carbocycles. The quantitative estimate of drug-likeness (QED) is 0.651. The summed E-state index contributed by atoms with van der Waals surface area (Å²) in [7, 11) is -3.40. The van der Waals surface area contributed by atoms with Gasteiger partial charge in [-0.3, -0.25) is 9.59 Å². The van der Waals surface area contributed by atoms with Crippen LogP contribution < -0.4 is 10.6 Å². The van der Waals surface area contributed by atoms with Crippen LogP contribution in [-0.4, -0.2) is 31.7 Å². The van der Waals surface area contributed by atoms with Gasteiger partial charge in [-0.1, -0.05) is 35.9 Å². The summed E-state index contributed by atoms with van der Waals surface area (Å²) in [5, 5.41) is 5.53. The van der Waals surface area contributed by atoms with Crippen molar-refractivity contribution in [3.63, 3.8) is 0 Å². The predicted octanol–water partition coefficient (Wildman–Crippen LogP) is 3.77. The van der Waals surface area contributed by atoms with Crippen LogP contribution in [0.25, 0.3) is 0 Å². The molecule has 0 heterocycles. The number of sulfone groups is 1. The Morgan fingerprint density at radius 1 is 0.828 bits per heavy atom. The molecule has 7 heteroatoms. The van der Waals surface area contributed by atoms with Crippen molar-refractivity contribution in [2.45, 2.75) is 40.0 Å². The number of hydrogen-bond acceptors (Lipinski definition) is 4. The second-order valence-electron chi connectivity index (χ2n) is 7.24. The lowest BCUT2D eigenvalue weighted by Gasteiger charge is -2.13. The average molecular weight is 417 g/mol. The van der Waals surface area contributed by atoms with Crippen LogP contribution in [0, 0.1) is 20.8 Å². The largest absolute Gasteiger partial charge is 0.326 e. The van der Waals surface area contributed by atoms with E-state index >= 15 is 0 Å². The van der Waals surface area contributed by atoms with Crippen LogP contribution in [0.3, 0.4) is 0 Å². The molecule has 0 bridgehead atoms. The van der Waals surface area contributed by atoms with E-state index in [0.29, 0.717) is 5.69 Å². The van der Waals surface area contributed by atoms with Gasteiger partial charge in [0.05, 0.1) is 11.5 Å². The van der Waals surface area contributed by atoms with Crippen LogP contribution in [0.4, 0.5) is 11.4 Å². The summed E-state index contributed by atoms with van der Waals surface area (Å²) in [4.78, 5) is 24.1. The molecule has 0 unspecified atom stereocenters. The molecule has 0 fully saturated rings. The number of aryl methyl sites for hydroxylation is 3. The highest BCUT2D eigenvalue weighted by Crippen LogP contribution is 2.22. The Kier molecular flexibility index (Phi) is 7.96. The molecule has 0 saturated heterocycles. The number of carbonyl (C=O) groups is 2. The highest BCUT2D eigenvalue weighted by molar-refractivity contribution is 7.91. The first-order valence-electron chi connectivity index (χ1n) is 9.59. The minimum atomic E-state index is -3.40. The van der Waals surface area contributed by atoms with Crippen LogP contribution in [0.15, 0.2) is 42.5 Å². The van der Waals surface area contributed by atoms with Crippen LogP contribution in [0.1, 0.15) is 36.0 Å². The molecule has 2 aromatic rings. The average Bonchev–Trinajstić information content (AvgIpc) is 2.64. The molecule has 0 aromatic heterocycles. The Balaban J connectivity index is 1.76. The normalized spacial score (nSPS) is 11.1. The standard InChI is InChI=1S/C22H28N2O4S/c1-16-14-17(2)22(18(3)15-16)24-20(25)10-7-12-29(27,28)13-11-21(26)23-19-8-5-4-6-9-19/h4-6,8-9,14-15H,7,10-13H2,1-3H3,(H,23,26)(H,24,25). The zero-order chi connectivity index (χ0) is 21.4. The molecule has 6 nitrogen and oxygen atoms in total. The van der Waals surface area contributed by atoms with Gasteiger partial charge < -0.3 is 10.6 Å². The fourth-order valence-electron chi connectivity index (χ4n) is 3.13. The van der Waals surface area contributed by atoms with Crippen LogP contribution in [0.5, 0.6) is 0 Å². The van der Waals surface area contributed by atoms with Crippen molar-refractivity contribution in [3.05, 3.63) is 59.2 Å². The fraction of sp³-hybridized carbons (Fsp3) is 0.364. The monoisotopic (exact) mass is 416 g/mol. The van der Waals surface area contributed by atoms with Gasteiger partial charge in [0.2, 0.25) is 11.8 Å². The van der Waals surface area contributed by atoms with Crippen LogP contribution in [-0.2, 0) is 19.4 Å². The molecule has 0 aliphatic rings. The molecular formula is C22H28N2O4S. The first-order chi connectivity index (χ1) is 13.7. The molecule has 2 amide bonds. The number of benzene rings is 2. The maximum absolute atomic E-state index is 12.2. The zero-order valence-corrected chi connectivity index (χ0v) is 17.9. The van der Waals surface area contributed by atoms with E-state index < -0.39 is 9.84 Å². The number of para-hydroxylation sites is 1. The second kappa shape index (κ2) is 10.2. The van der Waals surface area contributed by atoms with Gasteiger partial charge in [-0.05, 0) is 50.5 Å². The molecule has 156 valence electrons. The van der Waals surface area contributed by atoms with Crippen molar-refractivity contribution < 1.29 is 18.0 Å². The van der Waals surface area contributed by atoms with Gasteiger partial charge in [-0.15, -0.1) is 0 Å². The van der Waals surface area contributed by atoms with Crippen LogP contribution >= 0.6 is 0 Å². The van der Waals surface area contributed by atoms with Crippen molar-refractivity contribution in [2.24, 2.45) is 0 Å². The molecule has 2 aromatic carbocycles. The third-order valence-corrected chi connectivity index (χ3v) is 6.24. The first kappa shape index (κ1) is 22.6. The van der Waals surface area contributed by atoms with Crippen molar-refractivity contribution in [1.82, 2.24) is 0 Å². The number of anilines is 2. The lowest BCUT2D eigenvalue weighted by atomic mass is 10.0. The molecule has 0 spiro atoms. The smallest absolute Gasteiger partial charge is 0.225 e. The fourth-order valence-corrected chi connectivity index (χ4v) is 4.41. The number of amides is 2. The predicted molar refractivity (Wildman–Crippen MR) is 117 cm³/mol. The SMILES string of the molecule is Cc1cc(C)c(NC(=O)CCCS(=O)(=O)CCC(=O)Nc2ccccc2)c(C)c1.